The van der Waals surface area contributed by atoms with Gasteiger partial charge in [-0.15, -0.1) is 0 Å². The van der Waals surface area contributed by atoms with Gasteiger partial charge in [-0.2, -0.15) is 0 Å². The molecule has 0 aliphatic carbocycles. The fraction of sp³-hybridized carbons (Fsp3) is 0.533. The van der Waals surface area contributed by atoms with Crippen LogP contribution in [0.5, 0.6) is 11.5 Å². The zero-order chi connectivity index (χ0) is 15.8. The molecule has 0 heterocycles. The molecule has 0 aromatic heterocycles. The Balaban J connectivity index is 2.69. The normalized spacial score (nSPS) is 11.9. The van der Waals surface area contributed by atoms with Crippen LogP contribution < -0.4 is 20.5 Å². The molecule has 6 heteroatoms. The van der Waals surface area contributed by atoms with Crippen LogP contribution in [0.2, 0.25) is 5.02 Å². The maximum absolute atomic E-state index is 12.0. The summed E-state index contributed by atoms with van der Waals surface area (Å²) >= 11 is 6.06. The van der Waals surface area contributed by atoms with Gasteiger partial charge in [0.15, 0.2) is 0 Å². The Hall–Kier alpha value is -1.46. The molecule has 1 aromatic rings. The Morgan fingerprint density at radius 1 is 1.29 bits per heavy atom. The fourth-order valence-corrected chi connectivity index (χ4v) is 2.22. The molecule has 1 unspecified atom stereocenters. The monoisotopic (exact) mass is 314 g/mol. The fourth-order valence-electron chi connectivity index (χ4n) is 1.98. The molecule has 0 spiro atoms. The lowest BCUT2D eigenvalue weighted by Gasteiger charge is -2.14. The Labute approximate surface area is 130 Å². The summed E-state index contributed by atoms with van der Waals surface area (Å²) in [6.45, 7) is 2.73. The maximum Gasteiger partial charge on any atom is 0.224 e. The van der Waals surface area contributed by atoms with Gasteiger partial charge in [-0.05, 0) is 31.4 Å². The second-order valence-electron chi connectivity index (χ2n) is 4.96. The lowest BCUT2D eigenvalue weighted by Crippen LogP contribution is -2.14. The van der Waals surface area contributed by atoms with Gasteiger partial charge in [0, 0.05) is 12.5 Å². The van der Waals surface area contributed by atoms with E-state index in [4.69, 9.17) is 26.8 Å². The Bertz CT molecular complexity index is 480. The van der Waals surface area contributed by atoms with E-state index in [9.17, 15) is 4.79 Å². The minimum atomic E-state index is -0.0709. The van der Waals surface area contributed by atoms with Crippen LogP contribution in [0.1, 0.15) is 26.2 Å². The minimum absolute atomic E-state index is 0.0709. The highest BCUT2D eigenvalue weighted by Gasteiger charge is 2.13. The van der Waals surface area contributed by atoms with E-state index >= 15 is 0 Å². The van der Waals surface area contributed by atoms with Crippen molar-refractivity contribution in [1.82, 2.24) is 0 Å². The van der Waals surface area contributed by atoms with Gasteiger partial charge < -0.3 is 20.5 Å². The van der Waals surface area contributed by atoms with Gasteiger partial charge in [-0.25, -0.2) is 0 Å². The van der Waals surface area contributed by atoms with Gasteiger partial charge in [0.2, 0.25) is 5.91 Å². The van der Waals surface area contributed by atoms with E-state index in [1.54, 1.807) is 12.1 Å². The predicted octanol–water partition coefficient (Wildman–Crippen LogP) is 3.06. The largest absolute Gasteiger partial charge is 0.495 e. The van der Waals surface area contributed by atoms with Crippen LogP contribution in [0.15, 0.2) is 12.1 Å². The summed E-state index contributed by atoms with van der Waals surface area (Å²) in [4.78, 5) is 12.0. The summed E-state index contributed by atoms with van der Waals surface area (Å²) in [5.41, 5.74) is 6.04. The van der Waals surface area contributed by atoms with Crippen LogP contribution in [-0.2, 0) is 4.79 Å². The van der Waals surface area contributed by atoms with Gasteiger partial charge in [0.05, 0.1) is 24.9 Å². The molecule has 0 aliphatic heterocycles. The van der Waals surface area contributed by atoms with Gasteiger partial charge >= 0.3 is 0 Å². The number of anilines is 1. The van der Waals surface area contributed by atoms with Crippen LogP contribution in [0.3, 0.4) is 0 Å². The van der Waals surface area contributed by atoms with Crippen molar-refractivity contribution >= 4 is 23.2 Å². The number of methoxy groups -OCH3 is 2. The van der Waals surface area contributed by atoms with Crippen molar-refractivity contribution in [3.63, 3.8) is 0 Å². The number of nitrogens with one attached hydrogen (secondary N) is 1. The van der Waals surface area contributed by atoms with Crippen molar-refractivity contribution in [2.24, 2.45) is 11.7 Å². The van der Waals surface area contributed by atoms with E-state index in [1.165, 1.54) is 14.2 Å². The van der Waals surface area contributed by atoms with Crippen molar-refractivity contribution in [1.29, 1.82) is 0 Å². The number of amides is 1. The number of carbonyl (C=O) groups is 1. The number of ether oxygens (including phenoxy) is 2. The van der Waals surface area contributed by atoms with Crippen LogP contribution >= 0.6 is 11.6 Å². The van der Waals surface area contributed by atoms with Crippen molar-refractivity contribution in [3.05, 3.63) is 17.2 Å². The lowest BCUT2D eigenvalue weighted by atomic mass is 10.0. The summed E-state index contributed by atoms with van der Waals surface area (Å²) in [6, 6.07) is 3.27. The number of halogens is 1. The van der Waals surface area contributed by atoms with Gasteiger partial charge in [-0.1, -0.05) is 18.5 Å². The predicted molar refractivity (Wildman–Crippen MR) is 85.3 cm³/mol. The third kappa shape index (κ3) is 5.44. The molecule has 0 radical (unpaired) electrons. The number of carbonyl (C=O) groups excluding carboxylic acids is 1. The molecule has 0 saturated carbocycles. The first-order valence-corrected chi connectivity index (χ1v) is 7.31. The average Bonchev–Trinajstić information content (AvgIpc) is 2.46. The first kappa shape index (κ1) is 17.6. The molecule has 0 aliphatic rings. The molecule has 0 saturated heterocycles. The van der Waals surface area contributed by atoms with Gasteiger partial charge in [0.1, 0.15) is 11.5 Å². The van der Waals surface area contributed by atoms with Crippen molar-refractivity contribution < 1.29 is 14.3 Å². The summed E-state index contributed by atoms with van der Waals surface area (Å²) in [5, 5.41) is 3.24. The molecule has 0 fully saturated rings. The molecule has 21 heavy (non-hydrogen) atoms. The molecule has 1 rings (SSSR count). The summed E-state index contributed by atoms with van der Waals surface area (Å²) in [5.74, 6) is 1.38. The highest BCUT2D eigenvalue weighted by molar-refractivity contribution is 6.32. The first-order chi connectivity index (χ1) is 10.0. The number of benzene rings is 1. The molecule has 1 aromatic carbocycles. The maximum atomic E-state index is 12.0. The van der Waals surface area contributed by atoms with Crippen LogP contribution in [0.4, 0.5) is 5.69 Å². The second-order valence-corrected chi connectivity index (χ2v) is 5.36. The molecular formula is C15H23ClN2O3. The molecule has 1 amide bonds. The third-order valence-corrected chi connectivity index (χ3v) is 3.57. The van der Waals surface area contributed by atoms with E-state index in [0.29, 0.717) is 41.1 Å². The summed E-state index contributed by atoms with van der Waals surface area (Å²) in [7, 11) is 3.05. The zero-order valence-corrected chi connectivity index (χ0v) is 13.5. The number of nitrogens with two attached hydrogens (primary N) is 1. The standard InChI is InChI=1S/C15H23ClN2O3/c1-10(6-7-17)4-5-15(19)18-12-8-11(16)13(20-2)9-14(12)21-3/h8-10H,4-7,17H2,1-3H3,(H,18,19). The Morgan fingerprint density at radius 2 is 1.95 bits per heavy atom. The summed E-state index contributed by atoms with van der Waals surface area (Å²) in [6.07, 6.45) is 2.16. The second kappa shape index (κ2) is 8.74. The zero-order valence-electron chi connectivity index (χ0n) is 12.7. The smallest absolute Gasteiger partial charge is 0.224 e. The van der Waals surface area contributed by atoms with Crippen molar-refractivity contribution in [2.45, 2.75) is 26.2 Å². The number of hydrogen-bond acceptors (Lipinski definition) is 4. The van der Waals surface area contributed by atoms with E-state index in [0.717, 1.165) is 12.8 Å². The van der Waals surface area contributed by atoms with Crippen molar-refractivity contribution in [2.75, 3.05) is 26.1 Å². The average molecular weight is 315 g/mol. The molecule has 118 valence electrons. The first-order valence-electron chi connectivity index (χ1n) is 6.93. The highest BCUT2D eigenvalue weighted by atomic mass is 35.5. The van der Waals surface area contributed by atoms with Gasteiger partial charge in [-0.3, -0.25) is 4.79 Å². The number of hydrogen-bond donors (Lipinski definition) is 2. The topological polar surface area (TPSA) is 73.6 Å². The molecular weight excluding hydrogens is 292 g/mol. The van der Waals surface area contributed by atoms with E-state index < -0.39 is 0 Å². The molecule has 5 nitrogen and oxygen atoms in total. The van der Waals surface area contributed by atoms with Gasteiger partial charge in [0.25, 0.3) is 0 Å². The Morgan fingerprint density at radius 3 is 2.52 bits per heavy atom. The van der Waals surface area contributed by atoms with Crippen LogP contribution in [0, 0.1) is 5.92 Å². The van der Waals surface area contributed by atoms with E-state index in [1.807, 2.05) is 0 Å². The van der Waals surface area contributed by atoms with Crippen LogP contribution in [0.25, 0.3) is 0 Å². The quantitative estimate of drug-likeness (QED) is 0.773. The van der Waals surface area contributed by atoms with Crippen molar-refractivity contribution in [3.8, 4) is 11.5 Å². The molecule has 3 N–H and O–H groups in total. The summed E-state index contributed by atoms with van der Waals surface area (Å²) < 4.78 is 10.4. The lowest BCUT2D eigenvalue weighted by molar-refractivity contribution is -0.116. The van der Waals surface area contributed by atoms with E-state index in [2.05, 4.69) is 12.2 Å². The third-order valence-electron chi connectivity index (χ3n) is 3.27. The number of rotatable bonds is 8. The highest BCUT2D eigenvalue weighted by Crippen LogP contribution is 2.35. The SMILES string of the molecule is COc1cc(OC)c(NC(=O)CCC(C)CCN)cc1Cl. The Kier molecular flexibility index (Phi) is 7.32. The molecule has 1 atom stereocenters. The van der Waals surface area contributed by atoms with E-state index in [-0.39, 0.29) is 5.91 Å². The minimum Gasteiger partial charge on any atom is -0.495 e. The molecule has 0 bridgehead atoms. The van der Waals surface area contributed by atoms with Crippen LogP contribution in [-0.4, -0.2) is 26.7 Å².